The number of nitrogens with one attached hydrogen (secondary N) is 3. The van der Waals surface area contributed by atoms with Crippen molar-refractivity contribution < 1.29 is 14.3 Å². The van der Waals surface area contributed by atoms with Crippen LogP contribution in [0.2, 0.25) is 0 Å². The number of pyridine rings is 1. The number of carbonyl (C=O) groups is 2. The van der Waals surface area contributed by atoms with Gasteiger partial charge in [-0.2, -0.15) is 5.10 Å². The lowest BCUT2D eigenvalue weighted by Gasteiger charge is -2.07. The Hall–Kier alpha value is -3.42. The smallest absolute Gasteiger partial charge is 0.272 e. The van der Waals surface area contributed by atoms with E-state index < -0.39 is 0 Å². The van der Waals surface area contributed by atoms with Gasteiger partial charge in [0.2, 0.25) is 11.8 Å². The molecule has 1 aliphatic rings. The van der Waals surface area contributed by atoms with Crippen molar-refractivity contribution in [2.75, 3.05) is 13.2 Å². The summed E-state index contributed by atoms with van der Waals surface area (Å²) >= 11 is 0. The van der Waals surface area contributed by atoms with Gasteiger partial charge in [-0.15, -0.1) is 0 Å². The molecular formula is C21H23N5O3. The number of amides is 2. The van der Waals surface area contributed by atoms with Crippen molar-refractivity contribution in [2.24, 2.45) is 5.92 Å². The van der Waals surface area contributed by atoms with Gasteiger partial charge in [-0.3, -0.25) is 14.7 Å². The van der Waals surface area contributed by atoms with Crippen LogP contribution in [0.15, 0.2) is 42.6 Å². The Morgan fingerprint density at radius 3 is 2.79 bits per heavy atom. The average molecular weight is 393 g/mol. The SMILES string of the molecule is O=C(CCNC(=O)c1n[nH]c2ccccc12)NCc1ccc(OCC2CC2)nc1. The third-order valence-electron chi connectivity index (χ3n) is 4.77. The van der Waals surface area contributed by atoms with Crippen LogP contribution in [0.5, 0.6) is 5.88 Å². The molecule has 0 atom stereocenters. The van der Waals surface area contributed by atoms with Crippen molar-refractivity contribution >= 4 is 22.7 Å². The summed E-state index contributed by atoms with van der Waals surface area (Å²) in [6.07, 6.45) is 4.36. The van der Waals surface area contributed by atoms with Gasteiger partial charge in [0, 0.05) is 37.2 Å². The quantitative estimate of drug-likeness (QED) is 0.516. The van der Waals surface area contributed by atoms with Crippen LogP contribution in [0.3, 0.4) is 0 Å². The number of rotatable bonds is 9. The van der Waals surface area contributed by atoms with E-state index in [2.05, 4.69) is 25.8 Å². The van der Waals surface area contributed by atoms with Crippen molar-refractivity contribution in [3.05, 3.63) is 53.9 Å². The minimum Gasteiger partial charge on any atom is -0.477 e. The van der Waals surface area contributed by atoms with Gasteiger partial charge in [0.15, 0.2) is 5.69 Å². The Morgan fingerprint density at radius 1 is 1.14 bits per heavy atom. The maximum Gasteiger partial charge on any atom is 0.272 e. The first-order valence-electron chi connectivity index (χ1n) is 9.75. The molecule has 0 saturated heterocycles. The van der Waals surface area contributed by atoms with E-state index in [-0.39, 0.29) is 24.8 Å². The van der Waals surface area contributed by atoms with E-state index in [1.807, 2.05) is 36.4 Å². The number of nitrogens with zero attached hydrogens (tertiary/aromatic N) is 2. The minimum atomic E-state index is -0.304. The molecule has 3 aromatic rings. The fourth-order valence-electron chi connectivity index (χ4n) is 2.89. The molecule has 2 heterocycles. The second kappa shape index (κ2) is 8.72. The van der Waals surface area contributed by atoms with E-state index in [1.165, 1.54) is 12.8 Å². The molecule has 1 aromatic carbocycles. The molecule has 0 bridgehead atoms. The molecule has 0 unspecified atom stereocenters. The van der Waals surface area contributed by atoms with Crippen LogP contribution in [-0.4, -0.2) is 40.1 Å². The van der Waals surface area contributed by atoms with Crippen LogP contribution in [0, 0.1) is 5.92 Å². The zero-order chi connectivity index (χ0) is 20.1. The summed E-state index contributed by atoms with van der Waals surface area (Å²) in [6, 6.07) is 11.1. The monoisotopic (exact) mass is 393 g/mol. The normalized spacial score (nSPS) is 13.2. The van der Waals surface area contributed by atoms with Gasteiger partial charge in [-0.25, -0.2) is 4.98 Å². The molecule has 3 N–H and O–H groups in total. The van der Waals surface area contributed by atoms with Crippen molar-refractivity contribution in [1.29, 1.82) is 0 Å². The Kier molecular flexibility index (Phi) is 5.69. The number of carbonyl (C=O) groups excluding carboxylic acids is 2. The van der Waals surface area contributed by atoms with Crippen molar-refractivity contribution in [3.63, 3.8) is 0 Å². The Balaban J connectivity index is 1.17. The summed E-state index contributed by atoms with van der Waals surface area (Å²) in [5.41, 5.74) is 2.02. The highest BCUT2D eigenvalue weighted by atomic mass is 16.5. The molecular weight excluding hydrogens is 370 g/mol. The van der Waals surface area contributed by atoms with Gasteiger partial charge < -0.3 is 15.4 Å². The molecule has 8 heteroatoms. The largest absolute Gasteiger partial charge is 0.477 e. The fraction of sp³-hybridized carbons (Fsp3) is 0.333. The zero-order valence-corrected chi connectivity index (χ0v) is 16.0. The van der Waals surface area contributed by atoms with Gasteiger partial charge in [0.05, 0.1) is 12.1 Å². The molecule has 1 saturated carbocycles. The molecule has 8 nitrogen and oxygen atoms in total. The summed E-state index contributed by atoms with van der Waals surface area (Å²) in [4.78, 5) is 28.5. The van der Waals surface area contributed by atoms with Gasteiger partial charge >= 0.3 is 0 Å². The van der Waals surface area contributed by atoms with E-state index in [0.29, 0.717) is 24.0 Å². The highest BCUT2D eigenvalue weighted by Gasteiger charge is 2.22. The first kappa shape index (κ1) is 18.9. The summed E-state index contributed by atoms with van der Waals surface area (Å²) < 4.78 is 5.60. The van der Waals surface area contributed by atoms with Crippen LogP contribution in [0.4, 0.5) is 0 Å². The maximum atomic E-state index is 12.3. The number of aromatic amines is 1. The number of H-pyrrole nitrogens is 1. The lowest BCUT2D eigenvalue weighted by Crippen LogP contribution is -2.30. The van der Waals surface area contributed by atoms with Crippen LogP contribution in [0.25, 0.3) is 10.9 Å². The second-order valence-electron chi connectivity index (χ2n) is 7.16. The standard InChI is InChI=1S/C21H23N5O3/c27-18(23-11-15-7-8-19(24-12-15)29-13-14-5-6-14)9-10-22-21(28)20-16-3-1-2-4-17(16)25-26-20/h1-4,7-8,12,14H,5-6,9-11,13H2,(H,22,28)(H,23,27)(H,25,26). The highest BCUT2D eigenvalue weighted by Crippen LogP contribution is 2.29. The molecule has 0 spiro atoms. The zero-order valence-electron chi connectivity index (χ0n) is 16.0. The number of para-hydroxylation sites is 1. The molecule has 150 valence electrons. The Bertz CT molecular complexity index is 995. The molecule has 29 heavy (non-hydrogen) atoms. The first-order chi connectivity index (χ1) is 14.2. The topological polar surface area (TPSA) is 109 Å². The predicted molar refractivity (Wildman–Crippen MR) is 107 cm³/mol. The number of benzene rings is 1. The van der Waals surface area contributed by atoms with E-state index in [0.717, 1.165) is 23.1 Å². The van der Waals surface area contributed by atoms with Crippen molar-refractivity contribution in [3.8, 4) is 5.88 Å². The van der Waals surface area contributed by atoms with Crippen molar-refractivity contribution in [2.45, 2.75) is 25.8 Å². The number of hydrogen-bond donors (Lipinski definition) is 3. The first-order valence-corrected chi connectivity index (χ1v) is 9.75. The fourth-order valence-corrected chi connectivity index (χ4v) is 2.89. The molecule has 2 amide bonds. The van der Waals surface area contributed by atoms with Gasteiger partial charge in [-0.05, 0) is 30.4 Å². The maximum absolute atomic E-state index is 12.3. The van der Waals surface area contributed by atoms with E-state index in [9.17, 15) is 9.59 Å². The Labute approximate surface area is 168 Å². The molecule has 1 aliphatic carbocycles. The van der Waals surface area contributed by atoms with E-state index in [4.69, 9.17) is 4.74 Å². The molecule has 0 radical (unpaired) electrons. The summed E-state index contributed by atoms with van der Waals surface area (Å²) in [5.74, 6) is 0.844. The number of ether oxygens (including phenoxy) is 1. The lowest BCUT2D eigenvalue weighted by atomic mass is 10.2. The van der Waals surface area contributed by atoms with Gasteiger partial charge in [0.25, 0.3) is 5.91 Å². The molecule has 4 rings (SSSR count). The number of fused-ring (bicyclic) bond motifs is 1. The molecule has 2 aromatic heterocycles. The van der Waals surface area contributed by atoms with Gasteiger partial charge in [-0.1, -0.05) is 24.3 Å². The molecule has 1 fully saturated rings. The van der Waals surface area contributed by atoms with Crippen LogP contribution in [-0.2, 0) is 11.3 Å². The number of hydrogen-bond acceptors (Lipinski definition) is 5. The summed E-state index contributed by atoms with van der Waals surface area (Å²) in [6.45, 7) is 1.34. The third kappa shape index (κ3) is 5.10. The minimum absolute atomic E-state index is 0.147. The van der Waals surface area contributed by atoms with Crippen LogP contribution in [0.1, 0.15) is 35.3 Å². The average Bonchev–Trinajstić information content (AvgIpc) is 3.48. The van der Waals surface area contributed by atoms with Crippen LogP contribution < -0.4 is 15.4 Å². The third-order valence-corrected chi connectivity index (χ3v) is 4.77. The van der Waals surface area contributed by atoms with Gasteiger partial charge in [0.1, 0.15) is 0 Å². The Morgan fingerprint density at radius 2 is 2.00 bits per heavy atom. The van der Waals surface area contributed by atoms with E-state index in [1.54, 1.807) is 6.20 Å². The highest BCUT2D eigenvalue weighted by molar-refractivity contribution is 6.04. The predicted octanol–water partition coefficient (Wildman–Crippen LogP) is 2.18. The lowest BCUT2D eigenvalue weighted by molar-refractivity contribution is -0.121. The summed E-state index contributed by atoms with van der Waals surface area (Å²) in [7, 11) is 0. The van der Waals surface area contributed by atoms with Crippen molar-refractivity contribution in [1.82, 2.24) is 25.8 Å². The second-order valence-corrected chi connectivity index (χ2v) is 7.16. The number of aromatic nitrogens is 3. The van der Waals surface area contributed by atoms with Crippen LogP contribution >= 0.6 is 0 Å². The van der Waals surface area contributed by atoms with E-state index >= 15 is 0 Å². The molecule has 0 aliphatic heterocycles. The summed E-state index contributed by atoms with van der Waals surface area (Å²) in [5, 5.41) is 13.2.